The van der Waals surface area contributed by atoms with Crippen LogP contribution in [0.15, 0.2) is 18.2 Å². The SMILES string of the molecule is COc1ccc(C(CO)CO)c(OC)c1. The van der Waals surface area contributed by atoms with Gasteiger partial charge in [0.2, 0.25) is 0 Å². The van der Waals surface area contributed by atoms with E-state index < -0.39 is 0 Å². The summed E-state index contributed by atoms with van der Waals surface area (Å²) in [5.74, 6) is 0.985. The first kappa shape index (κ1) is 11.8. The third-order valence-corrected chi connectivity index (χ3v) is 2.32. The van der Waals surface area contributed by atoms with Gasteiger partial charge < -0.3 is 19.7 Å². The van der Waals surface area contributed by atoms with E-state index in [0.717, 1.165) is 5.56 Å². The van der Waals surface area contributed by atoms with Crippen LogP contribution in [0.2, 0.25) is 0 Å². The minimum Gasteiger partial charge on any atom is -0.497 e. The molecule has 0 spiro atoms. The van der Waals surface area contributed by atoms with Crippen molar-refractivity contribution >= 4 is 0 Å². The number of aliphatic hydroxyl groups excluding tert-OH is 2. The molecule has 1 aromatic rings. The molecule has 4 nitrogen and oxygen atoms in total. The van der Waals surface area contributed by atoms with E-state index in [-0.39, 0.29) is 19.1 Å². The van der Waals surface area contributed by atoms with Crippen molar-refractivity contribution in [2.45, 2.75) is 5.92 Å². The molecule has 0 atom stereocenters. The molecule has 0 heterocycles. The molecule has 0 bridgehead atoms. The Morgan fingerprint density at radius 2 is 1.80 bits per heavy atom. The summed E-state index contributed by atoms with van der Waals surface area (Å²) in [6, 6.07) is 5.29. The zero-order valence-electron chi connectivity index (χ0n) is 8.93. The molecule has 0 unspecified atom stereocenters. The third-order valence-electron chi connectivity index (χ3n) is 2.32. The summed E-state index contributed by atoms with van der Waals surface area (Å²) >= 11 is 0. The zero-order valence-corrected chi connectivity index (χ0v) is 8.93. The number of hydrogen-bond donors (Lipinski definition) is 2. The fourth-order valence-corrected chi connectivity index (χ4v) is 1.41. The quantitative estimate of drug-likeness (QED) is 0.757. The average Bonchev–Trinajstić information content (AvgIpc) is 2.31. The van der Waals surface area contributed by atoms with Gasteiger partial charge >= 0.3 is 0 Å². The first-order valence-corrected chi connectivity index (χ1v) is 4.70. The fraction of sp³-hybridized carbons (Fsp3) is 0.455. The zero-order chi connectivity index (χ0) is 11.3. The van der Waals surface area contributed by atoms with Crippen LogP contribution >= 0.6 is 0 Å². The van der Waals surface area contributed by atoms with Gasteiger partial charge in [0, 0.05) is 17.5 Å². The van der Waals surface area contributed by atoms with Crippen molar-refractivity contribution in [1.29, 1.82) is 0 Å². The van der Waals surface area contributed by atoms with Crippen molar-refractivity contribution in [3.8, 4) is 11.5 Å². The van der Waals surface area contributed by atoms with E-state index in [1.807, 2.05) is 0 Å². The molecule has 15 heavy (non-hydrogen) atoms. The maximum atomic E-state index is 9.08. The van der Waals surface area contributed by atoms with Crippen LogP contribution in [-0.4, -0.2) is 37.6 Å². The van der Waals surface area contributed by atoms with E-state index in [0.29, 0.717) is 11.5 Å². The van der Waals surface area contributed by atoms with Gasteiger partial charge in [-0.15, -0.1) is 0 Å². The van der Waals surface area contributed by atoms with Crippen molar-refractivity contribution in [1.82, 2.24) is 0 Å². The highest BCUT2D eigenvalue weighted by molar-refractivity contribution is 5.42. The maximum Gasteiger partial charge on any atom is 0.126 e. The lowest BCUT2D eigenvalue weighted by Crippen LogP contribution is -2.10. The number of methoxy groups -OCH3 is 2. The van der Waals surface area contributed by atoms with Crippen molar-refractivity contribution in [2.75, 3.05) is 27.4 Å². The molecule has 0 saturated heterocycles. The Balaban J connectivity index is 3.06. The van der Waals surface area contributed by atoms with Crippen molar-refractivity contribution in [3.05, 3.63) is 23.8 Å². The highest BCUT2D eigenvalue weighted by Crippen LogP contribution is 2.30. The third kappa shape index (κ3) is 2.61. The second-order valence-corrected chi connectivity index (χ2v) is 3.17. The molecule has 84 valence electrons. The molecule has 0 aliphatic rings. The van der Waals surface area contributed by atoms with Gasteiger partial charge in [0.15, 0.2) is 0 Å². The molecule has 0 fully saturated rings. The van der Waals surface area contributed by atoms with Crippen LogP contribution in [0.5, 0.6) is 11.5 Å². The van der Waals surface area contributed by atoms with E-state index in [1.54, 1.807) is 32.4 Å². The highest BCUT2D eigenvalue weighted by Gasteiger charge is 2.14. The average molecular weight is 212 g/mol. The molecule has 1 aromatic carbocycles. The Morgan fingerprint density at radius 1 is 1.13 bits per heavy atom. The van der Waals surface area contributed by atoms with Gasteiger partial charge in [0.25, 0.3) is 0 Å². The summed E-state index contributed by atoms with van der Waals surface area (Å²) in [4.78, 5) is 0. The van der Waals surface area contributed by atoms with Gasteiger partial charge in [-0.25, -0.2) is 0 Å². The Morgan fingerprint density at radius 3 is 2.27 bits per heavy atom. The molecule has 0 amide bonds. The minimum absolute atomic E-state index is 0.112. The van der Waals surface area contributed by atoms with Gasteiger partial charge in [-0.05, 0) is 6.07 Å². The smallest absolute Gasteiger partial charge is 0.126 e. The van der Waals surface area contributed by atoms with Crippen molar-refractivity contribution < 1.29 is 19.7 Å². The van der Waals surface area contributed by atoms with Crippen LogP contribution < -0.4 is 9.47 Å². The molecule has 1 rings (SSSR count). The van der Waals surface area contributed by atoms with Gasteiger partial charge in [-0.1, -0.05) is 6.07 Å². The standard InChI is InChI=1S/C11H16O4/c1-14-9-3-4-10(8(6-12)7-13)11(5-9)15-2/h3-5,8,12-13H,6-7H2,1-2H3. The van der Waals surface area contributed by atoms with Crippen LogP contribution in [0.4, 0.5) is 0 Å². The second kappa shape index (κ2) is 5.58. The number of hydrogen-bond acceptors (Lipinski definition) is 4. The Hall–Kier alpha value is -1.26. The summed E-state index contributed by atoms with van der Waals surface area (Å²) in [5, 5.41) is 18.2. The number of benzene rings is 1. The number of aliphatic hydroxyl groups is 2. The van der Waals surface area contributed by atoms with E-state index in [9.17, 15) is 0 Å². The maximum absolute atomic E-state index is 9.08. The summed E-state index contributed by atoms with van der Waals surface area (Å²) < 4.78 is 10.2. The molecular weight excluding hydrogens is 196 g/mol. The summed E-state index contributed by atoms with van der Waals surface area (Å²) in [5.41, 5.74) is 0.781. The molecule has 0 aliphatic carbocycles. The normalized spacial score (nSPS) is 10.5. The lowest BCUT2D eigenvalue weighted by Gasteiger charge is -2.16. The van der Waals surface area contributed by atoms with Crippen LogP contribution in [-0.2, 0) is 0 Å². The topological polar surface area (TPSA) is 58.9 Å². The Kier molecular flexibility index (Phi) is 4.39. The summed E-state index contributed by atoms with van der Waals surface area (Å²) in [7, 11) is 3.12. The monoisotopic (exact) mass is 212 g/mol. The largest absolute Gasteiger partial charge is 0.497 e. The van der Waals surface area contributed by atoms with Crippen molar-refractivity contribution in [3.63, 3.8) is 0 Å². The van der Waals surface area contributed by atoms with Crippen LogP contribution in [0.1, 0.15) is 11.5 Å². The predicted molar refractivity (Wildman–Crippen MR) is 56.5 cm³/mol. The molecular formula is C11H16O4. The molecule has 0 aromatic heterocycles. The molecule has 0 saturated carbocycles. The predicted octanol–water partition coefficient (Wildman–Crippen LogP) is 0.772. The first-order valence-electron chi connectivity index (χ1n) is 4.70. The van der Waals surface area contributed by atoms with Gasteiger partial charge in [0.05, 0.1) is 27.4 Å². The van der Waals surface area contributed by atoms with Crippen LogP contribution in [0.25, 0.3) is 0 Å². The van der Waals surface area contributed by atoms with Gasteiger partial charge in [-0.3, -0.25) is 0 Å². The van der Waals surface area contributed by atoms with E-state index in [4.69, 9.17) is 19.7 Å². The molecule has 0 radical (unpaired) electrons. The summed E-state index contributed by atoms with van der Waals surface area (Å²) in [6.45, 7) is -0.224. The summed E-state index contributed by atoms with van der Waals surface area (Å²) in [6.07, 6.45) is 0. The van der Waals surface area contributed by atoms with Crippen LogP contribution in [0.3, 0.4) is 0 Å². The van der Waals surface area contributed by atoms with Gasteiger partial charge in [-0.2, -0.15) is 0 Å². The van der Waals surface area contributed by atoms with E-state index >= 15 is 0 Å². The highest BCUT2D eigenvalue weighted by atomic mass is 16.5. The Labute approximate surface area is 89.1 Å². The van der Waals surface area contributed by atoms with Crippen molar-refractivity contribution in [2.24, 2.45) is 0 Å². The first-order chi connectivity index (χ1) is 7.26. The number of ether oxygens (including phenoxy) is 2. The molecule has 0 aliphatic heterocycles. The van der Waals surface area contributed by atoms with E-state index in [2.05, 4.69) is 0 Å². The van der Waals surface area contributed by atoms with E-state index in [1.165, 1.54) is 0 Å². The van der Waals surface area contributed by atoms with Crippen LogP contribution in [0, 0.1) is 0 Å². The number of rotatable bonds is 5. The second-order valence-electron chi connectivity index (χ2n) is 3.17. The lowest BCUT2D eigenvalue weighted by molar-refractivity contribution is 0.190. The molecule has 2 N–H and O–H groups in total. The lowest BCUT2D eigenvalue weighted by atomic mass is 10.00. The molecule has 4 heteroatoms. The van der Waals surface area contributed by atoms with Gasteiger partial charge in [0.1, 0.15) is 11.5 Å². The minimum atomic E-state index is -0.314. The fourth-order valence-electron chi connectivity index (χ4n) is 1.41. The Bertz CT molecular complexity index is 307.